The van der Waals surface area contributed by atoms with Crippen LogP contribution in [0.5, 0.6) is 0 Å². The van der Waals surface area contributed by atoms with Gasteiger partial charge in [0, 0.05) is 10.9 Å². The van der Waals surface area contributed by atoms with Crippen molar-refractivity contribution >= 4 is 22.9 Å². The second-order valence-corrected chi connectivity index (χ2v) is 9.32. The monoisotopic (exact) mass is 311 g/mol. The Balaban J connectivity index is 1.63. The second kappa shape index (κ2) is 5.98. The molecule has 0 saturated heterocycles. The van der Waals surface area contributed by atoms with Crippen LogP contribution in [0.2, 0.25) is 4.34 Å². The van der Waals surface area contributed by atoms with Crippen molar-refractivity contribution in [2.75, 3.05) is 6.54 Å². The summed E-state index contributed by atoms with van der Waals surface area (Å²) < 4.78 is 0.933. The third-order valence-corrected chi connectivity index (χ3v) is 6.27. The summed E-state index contributed by atoms with van der Waals surface area (Å²) in [6.45, 7) is 6.10. The number of hydrogen-bond acceptors (Lipinski definition) is 2. The molecular formula is C17H26ClNS. The largest absolute Gasteiger partial charge is 0.314 e. The van der Waals surface area contributed by atoms with Crippen LogP contribution in [0.15, 0.2) is 12.1 Å². The van der Waals surface area contributed by atoms with Gasteiger partial charge in [0.1, 0.15) is 0 Å². The summed E-state index contributed by atoms with van der Waals surface area (Å²) in [6, 6.07) is 5.11. The lowest BCUT2D eigenvalue weighted by Gasteiger charge is -2.41. The molecule has 1 N–H and O–H groups in total. The molecule has 2 aliphatic rings. The Morgan fingerprint density at radius 2 is 2.05 bits per heavy atom. The van der Waals surface area contributed by atoms with E-state index in [0.717, 1.165) is 22.2 Å². The molecule has 0 aliphatic heterocycles. The molecule has 1 heterocycles. The Morgan fingerprint density at radius 1 is 1.25 bits per heavy atom. The Bertz CT molecular complexity index is 448. The van der Waals surface area contributed by atoms with Gasteiger partial charge < -0.3 is 5.32 Å². The van der Waals surface area contributed by atoms with Crippen LogP contribution >= 0.6 is 22.9 Å². The number of rotatable bonds is 5. The molecule has 0 bridgehead atoms. The van der Waals surface area contributed by atoms with Crippen molar-refractivity contribution in [3.63, 3.8) is 0 Å². The standard InChI is InChI=1S/C17H26ClNS/c1-17(2)8-7-12(11-19-14-3-4-14)13(10-17)9-15-5-6-16(18)20-15/h5-6,12-14,19H,3-4,7-11H2,1-2H3. The first kappa shape index (κ1) is 14.9. The minimum absolute atomic E-state index is 0.516. The molecule has 1 nitrogen and oxygen atoms in total. The fourth-order valence-corrected chi connectivity index (χ4v) is 4.80. The lowest BCUT2D eigenvalue weighted by Crippen LogP contribution is -2.37. The first-order valence-corrected chi connectivity index (χ1v) is 9.19. The summed E-state index contributed by atoms with van der Waals surface area (Å²) in [7, 11) is 0. The van der Waals surface area contributed by atoms with Crippen LogP contribution in [0.1, 0.15) is 50.8 Å². The molecule has 0 aromatic carbocycles. The maximum atomic E-state index is 6.09. The quantitative estimate of drug-likeness (QED) is 0.794. The van der Waals surface area contributed by atoms with E-state index in [1.54, 1.807) is 11.3 Å². The van der Waals surface area contributed by atoms with Gasteiger partial charge in [-0.25, -0.2) is 0 Å². The fourth-order valence-electron chi connectivity index (χ4n) is 3.62. The van der Waals surface area contributed by atoms with E-state index in [-0.39, 0.29) is 0 Å². The van der Waals surface area contributed by atoms with Crippen LogP contribution in [0.3, 0.4) is 0 Å². The van der Waals surface area contributed by atoms with Crippen LogP contribution in [0, 0.1) is 17.3 Å². The van der Waals surface area contributed by atoms with Crippen LogP contribution in [0.25, 0.3) is 0 Å². The van der Waals surface area contributed by atoms with Crippen LogP contribution in [-0.2, 0) is 6.42 Å². The fraction of sp³-hybridized carbons (Fsp3) is 0.765. The van der Waals surface area contributed by atoms with Gasteiger partial charge in [0.15, 0.2) is 0 Å². The molecule has 3 rings (SSSR count). The Labute approximate surface area is 132 Å². The minimum Gasteiger partial charge on any atom is -0.314 e. The van der Waals surface area contributed by atoms with Gasteiger partial charge in [-0.2, -0.15) is 0 Å². The maximum Gasteiger partial charge on any atom is 0.0931 e. The van der Waals surface area contributed by atoms with Gasteiger partial charge >= 0.3 is 0 Å². The van der Waals surface area contributed by atoms with Crippen LogP contribution in [0.4, 0.5) is 0 Å². The van der Waals surface area contributed by atoms with Crippen molar-refractivity contribution in [1.82, 2.24) is 5.32 Å². The van der Waals surface area contributed by atoms with Crippen molar-refractivity contribution in [3.05, 3.63) is 21.3 Å². The zero-order chi connectivity index (χ0) is 14.2. The van der Waals surface area contributed by atoms with Crippen molar-refractivity contribution in [3.8, 4) is 0 Å². The molecule has 2 aliphatic carbocycles. The Hall–Kier alpha value is -0.0500. The highest BCUT2D eigenvalue weighted by Gasteiger charge is 2.35. The van der Waals surface area contributed by atoms with E-state index < -0.39 is 0 Å². The summed E-state index contributed by atoms with van der Waals surface area (Å²) in [4.78, 5) is 1.47. The predicted molar refractivity (Wildman–Crippen MR) is 88.7 cm³/mol. The van der Waals surface area contributed by atoms with E-state index >= 15 is 0 Å². The zero-order valence-corrected chi connectivity index (χ0v) is 14.2. The molecule has 2 unspecified atom stereocenters. The highest BCUT2D eigenvalue weighted by molar-refractivity contribution is 7.16. The van der Waals surface area contributed by atoms with E-state index in [2.05, 4.69) is 25.2 Å². The highest BCUT2D eigenvalue weighted by Crippen LogP contribution is 2.44. The molecule has 2 atom stereocenters. The molecule has 3 heteroatoms. The molecule has 1 aromatic rings. The molecule has 20 heavy (non-hydrogen) atoms. The van der Waals surface area contributed by atoms with E-state index in [4.69, 9.17) is 11.6 Å². The molecule has 1 aromatic heterocycles. The maximum absolute atomic E-state index is 6.09. The second-order valence-electron chi connectivity index (χ2n) is 7.52. The number of halogens is 1. The summed E-state index contributed by atoms with van der Waals surface area (Å²) in [5.41, 5.74) is 0.516. The molecule has 2 fully saturated rings. The summed E-state index contributed by atoms with van der Waals surface area (Å²) >= 11 is 7.85. The average molecular weight is 312 g/mol. The zero-order valence-electron chi connectivity index (χ0n) is 12.6. The van der Waals surface area contributed by atoms with E-state index in [1.807, 2.05) is 6.07 Å². The third kappa shape index (κ3) is 3.99. The summed E-state index contributed by atoms with van der Waals surface area (Å²) in [5.74, 6) is 1.67. The first-order valence-electron chi connectivity index (χ1n) is 7.99. The number of hydrogen-bond donors (Lipinski definition) is 1. The van der Waals surface area contributed by atoms with Crippen molar-refractivity contribution in [2.24, 2.45) is 17.3 Å². The van der Waals surface area contributed by atoms with Gasteiger partial charge in [0.25, 0.3) is 0 Å². The predicted octanol–water partition coefficient (Wildman–Crippen LogP) is 5.14. The molecule has 2 saturated carbocycles. The molecule has 0 spiro atoms. The SMILES string of the molecule is CC1(C)CCC(CNC2CC2)C(Cc2ccc(Cl)s2)C1. The average Bonchev–Trinajstić information content (AvgIpc) is 3.11. The number of thiophene rings is 1. The minimum atomic E-state index is 0.516. The molecule has 0 amide bonds. The molecule has 0 radical (unpaired) electrons. The Morgan fingerprint density at radius 3 is 2.70 bits per heavy atom. The lowest BCUT2D eigenvalue weighted by atomic mass is 9.66. The Kier molecular flexibility index (Phi) is 4.45. The molecule has 112 valence electrons. The van der Waals surface area contributed by atoms with Crippen molar-refractivity contribution < 1.29 is 0 Å². The lowest BCUT2D eigenvalue weighted by molar-refractivity contribution is 0.116. The smallest absolute Gasteiger partial charge is 0.0931 e. The van der Waals surface area contributed by atoms with Gasteiger partial charge in [0.2, 0.25) is 0 Å². The number of nitrogens with one attached hydrogen (secondary N) is 1. The normalized spacial score (nSPS) is 29.6. The summed E-state index contributed by atoms with van der Waals surface area (Å²) in [6.07, 6.45) is 8.13. The van der Waals surface area contributed by atoms with Gasteiger partial charge in [-0.1, -0.05) is 25.4 Å². The van der Waals surface area contributed by atoms with Gasteiger partial charge in [0.05, 0.1) is 4.34 Å². The van der Waals surface area contributed by atoms with E-state index in [0.29, 0.717) is 5.41 Å². The third-order valence-electron chi connectivity index (χ3n) is 5.01. The van der Waals surface area contributed by atoms with Crippen LogP contribution in [-0.4, -0.2) is 12.6 Å². The van der Waals surface area contributed by atoms with Crippen molar-refractivity contribution in [1.29, 1.82) is 0 Å². The molecular weight excluding hydrogens is 286 g/mol. The van der Waals surface area contributed by atoms with E-state index in [1.165, 1.54) is 49.9 Å². The summed E-state index contributed by atoms with van der Waals surface area (Å²) in [5, 5.41) is 3.75. The first-order chi connectivity index (χ1) is 9.52. The van der Waals surface area contributed by atoms with E-state index in [9.17, 15) is 0 Å². The van der Waals surface area contributed by atoms with Gasteiger partial charge in [-0.15, -0.1) is 11.3 Å². The van der Waals surface area contributed by atoms with Crippen LogP contribution < -0.4 is 5.32 Å². The van der Waals surface area contributed by atoms with Crippen molar-refractivity contribution in [2.45, 2.75) is 58.4 Å². The van der Waals surface area contributed by atoms with Gasteiger partial charge in [-0.05, 0) is 74.5 Å². The van der Waals surface area contributed by atoms with Gasteiger partial charge in [-0.3, -0.25) is 0 Å². The highest BCUT2D eigenvalue weighted by atomic mass is 35.5. The topological polar surface area (TPSA) is 12.0 Å².